The Morgan fingerprint density at radius 3 is 2.76 bits per heavy atom. The van der Waals surface area contributed by atoms with Crippen LogP contribution in [0.3, 0.4) is 0 Å². The molecule has 25 heavy (non-hydrogen) atoms. The molecule has 1 aliphatic heterocycles. The fraction of sp³-hybridized carbons (Fsp3) is 0.300. The van der Waals surface area contributed by atoms with Gasteiger partial charge in [-0.3, -0.25) is 9.59 Å². The monoisotopic (exact) mass is 338 g/mol. The largest absolute Gasteiger partial charge is 0.497 e. The summed E-state index contributed by atoms with van der Waals surface area (Å²) in [7, 11) is 1.58. The molecule has 130 valence electrons. The summed E-state index contributed by atoms with van der Waals surface area (Å²) in [6, 6.07) is 14.3. The molecule has 0 radical (unpaired) electrons. The number of hydrogen-bond acceptors (Lipinski definition) is 3. The van der Waals surface area contributed by atoms with E-state index in [4.69, 9.17) is 4.74 Å². The Bertz CT molecular complexity index is 788. The van der Waals surface area contributed by atoms with Crippen LogP contribution >= 0.6 is 0 Å². The summed E-state index contributed by atoms with van der Waals surface area (Å²) in [6.45, 7) is 2.49. The summed E-state index contributed by atoms with van der Waals surface area (Å²) in [4.78, 5) is 27.2. The first-order valence-corrected chi connectivity index (χ1v) is 8.47. The first-order valence-electron chi connectivity index (χ1n) is 8.47. The zero-order valence-corrected chi connectivity index (χ0v) is 14.5. The Morgan fingerprint density at radius 1 is 1.24 bits per heavy atom. The Labute approximate surface area is 147 Å². The first-order chi connectivity index (χ1) is 12.1. The Hall–Kier alpha value is -2.82. The maximum atomic E-state index is 12.8. The molecule has 5 nitrogen and oxygen atoms in total. The van der Waals surface area contributed by atoms with Gasteiger partial charge in [0.05, 0.1) is 7.11 Å². The second-order valence-electron chi connectivity index (χ2n) is 6.12. The summed E-state index contributed by atoms with van der Waals surface area (Å²) in [6.07, 6.45) is 1.44. The molecule has 5 heteroatoms. The van der Waals surface area contributed by atoms with E-state index in [1.54, 1.807) is 18.1 Å². The molecule has 0 spiro atoms. The van der Waals surface area contributed by atoms with E-state index in [1.165, 1.54) is 0 Å². The maximum Gasteiger partial charge on any atom is 0.255 e. The average molecular weight is 338 g/mol. The second-order valence-corrected chi connectivity index (χ2v) is 6.12. The summed E-state index contributed by atoms with van der Waals surface area (Å²) in [5, 5.41) is 2.91. The van der Waals surface area contributed by atoms with Gasteiger partial charge in [0.15, 0.2) is 0 Å². The number of fused-ring (bicyclic) bond motifs is 1. The zero-order valence-electron chi connectivity index (χ0n) is 14.5. The molecule has 1 aliphatic rings. The standard InChI is InChI=1S/C20H22N2O3/c1-3-7-18(19(23)21-15-9-6-10-16(12-15)25-2)22-13-14-8-4-5-11-17(14)20(22)24/h4-6,8-12,18H,3,7,13H2,1-2H3,(H,21,23)/t18-/m0/s1. The smallest absolute Gasteiger partial charge is 0.255 e. The van der Waals surface area contributed by atoms with E-state index in [0.29, 0.717) is 30.0 Å². The van der Waals surface area contributed by atoms with Gasteiger partial charge in [0, 0.05) is 23.9 Å². The van der Waals surface area contributed by atoms with Gasteiger partial charge in [-0.2, -0.15) is 0 Å². The molecule has 0 saturated carbocycles. The van der Waals surface area contributed by atoms with Crippen LogP contribution in [0.1, 0.15) is 35.7 Å². The molecule has 1 heterocycles. The van der Waals surface area contributed by atoms with Crippen molar-refractivity contribution in [1.29, 1.82) is 0 Å². The molecule has 2 aromatic carbocycles. The van der Waals surface area contributed by atoms with Crippen molar-refractivity contribution >= 4 is 17.5 Å². The number of carbonyl (C=O) groups excluding carboxylic acids is 2. The molecule has 3 rings (SSSR count). The van der Waals surface area contributed by atoms with Crippen LogP contribution in [0.5, 0.6) is 5.75 Å². The molecule has 2 amide bonds. The minimum Gasteiger partial charge on any atom is -0.497 e. The van der Waals surface area contributed by atoms with Crippen molar-refractivity contribution in [3.8, 4) is 5.75 Å². The maximum absolute atomic E-state index is 12.8. The van der Waals surface area contributed by atoms with Gasteiger partial charge in [-0.1, -0.05) is 37.6 Å². The quantitative estimate of drug-likeness (QED) is 0.877. The molecule has 1 atom stereocenters. The first kappa shape index (κ1) is 17.0. The number of amides is 2. The Balaban J connectivity index is 1.79. The highest BCUT2D eigenvalue weighted by atomic mass is 16.5. The number of nitrogens with one attached hydrogen (secondary N) is 1. The minimum atomic E-state index is -0.490. The number of rotatable bonds is 6. The predicted molar refractivity (Wildman–Crippen MR) is 96.6 cm³/mol. The average Bonchev–Trinajstić information content (AvgIpc) is 2.96. The molecule has 0 bridgehead atoms. The van der Waals surface area contributed by atoms with Gasteiger partial charge in [-0.15, -0.1) is 0 Å². The van der Waals surface area contributed by atoms with Crippen LogP contribution < -0.4 is 10.1 Å². The highest BCUT2D eigenvalue weighted by Gasteiger charge is 2.35. The normalized spacial score (nSPS) is 14.2. The lowest BCUT2D eigenvalue weighted by Crippen LogP contribution is -2.44. The molecule has 0 fully saturated rings. The highest BCUT2D eigenvalue weighted by Crippen LogP contribution is 2.27. The van der Waals surface area contributed by atoms with Crippen molar-refractivity contribution in [3.05, 3.63) is 59.7 Å². The van der Waals surface area contributed by atoms with Crippen molar-refractivity contribution in [1.82, 2.24) is 4.90 Å². The van der Waals surface area contributed by atoms with E-state index in [-0.39, 0.29) is 11.8 Å². The van der Waals surface area contributed by atoms with Crippen LogP contribution in [0.25, 0.3) is 0 Å². The second kappa shape index (κ2) is 7.38. The molecular weight excluding hydrogens is 316 g/mol. The summed E-state index contributed by atoms with van der Waals surface area (Å²) in [5.41, 5.74) is 2.33. The summed E-state index contributed by atoms with van der Waals surface area (Å²) < 4.78 is 5.19. The van der Waals surface area contributed by atoms with Gasteiger partial charge >= 0.3 is 0 Å². The third-order valence-corrected chi connectivity index (χ3v) is 4.43. The van der Waals surface area contributed by atoms with Crippen LogP contribution in [0.4, 0.5) is 5.69 Å². The van der Waals surface area contributed by atoms with Gasteiger partial charge in [-0.05, 0) is 30.2 Å². The van der Waals surface area contributed by atoms with E-state index in [1.807, 2.05) is 49.4 Å². The number of benzene rings is 2. The molecule has 0 aromatic heterocycles. The van der Waals surface area contributed by atoms with Crippen LogP contribution in [0.15, 0.2) is 48.5 Å². The molecule has 0 saturated heterocycles. The van der Waals surface area contributed by atoms with Gasteiger partial charge in [0.1, 0.15) is 11.8 Å². The van der Waals surface area contributed by atoms with Crippen molar-refractivity contribution in [2.75, 3.05) is 12.4 Å². The number of hydrogen-bond donors (Lipinski definition) is 1. The number of carbonyl (C=O) groups is 2. The lowest BCUT2D eigenvalue weighted by Gasteiger charge is -2.26. The van der Waals surface area contributed by atoms with E-state index < -0.39 is 6.04 Å². The third kappa shape index (κ3) is 3.50. The fourth-order valence-electron chi connectivity index (χ4n) is 3.16. The molecule has 1 N–H and O–H groups in total. The lowest BCUT2D eigenvalue weighted by atomic mass is 10.1. The van der Waals surface area contributed by atoms with Crippen molar-refractivity contribution in [3.63, 3.8) is 0 Å². The number of nitrogens with zero attached hydrogens (tertiary/aromatic N) is 1. The van der Waals surface area contributed by atoms with E-state index >= 15 is 0 Å². The topological polar surface area (TPSA) is 58.6 Å². The fourth-order valence-corrected chi connectivity index (χ4v) is 3.16. The molecule has 0 aliphatic carbocycles. The number of ether oxygens (including phenoxy) is 1. The van der Waals surface area contributed by atoms with Crippen LogP contribution in [-0.4, -0.2) is 29.9 Å². The van der Waals surface area contributed by atoms with Crippen molar-refractivity contribution in [2.45, 2.75) is 32.4 Å². The SMILES string of the molecule is CCC[C@@H](C(=O)Nc1cccc(OC)c1)N1Cc2ccccc2C1=O. The lowest BCUT2D eigenvalue weighted by molar-refractivity contribution is -0.120. The van der Waals surface area contributed by atoms with Gasteiger partial charge in [0.2, 0.25) is 5.91 Å². The number of methoxy groups -OCH3 is 1. The minimum absolute atomic E-state index is 0.0742. The van der Waals surface area contributed by atoms with E-state index in [0.717, 1.165) is 12.0 Å². The highest BCUT2D eigenvalue weighted by molar-refractivity contribution is 6.03. The molecule has 0 unspecified atom stereocenters. The predicted octanol–water partition coefficient (Wildman–Crippen LogP) is 3.46. The summed E-state index contributed by atoms with van der Waals surface area (Å²) >= 11 is 0. The van der Waals surface area contributed by atoms with Crippen LogP contribution in [0.2, 0.25) is 0 Å². The van der Waals surface area contributed by atoms with E-state index in [9.17, 15) is 9.59 Å². The third-order valence-electron chi connectivity index (χ3n) is 4.43. The van der Waals surface area contributed by atoms with Gasteiger partial charge in [-0.25, -0.2) is 0 Å². The van der Waals surface area contributed by atoms with E-state index in [2.05, 4.69) is 5.32 Å². The van der Waals surface area contributed by atoms with Crippen molar-refractivity contribution in [2.24, 2.45) is 0 Å². The molecular formula is C20H22N2O3. The Kier molecular flexibility index (Phi) is 5.03. The number of anilines is 1. The summed E-state index contributed by atoms with van der Waals surface area (Å²) in [5.74, 6) is 0.431. The van der Waals surface area contributed by atoms with Crippen LogP contribution in [-0.2, 0) is 11.3 Å². The Morgan fingerprint density at radius 2 is 2.04 bits per heavy atom. The van der Waals surface area contributed by atoms with Crippen molar-refractivity contribution < 1.29 is 14.3 Å². The van der Waals surface area contributed by atoms with Gasteiger partial charge in [0.25, 0.3) is 5.91 Å². The van der Waals surface area contributed by atoms with Gasteiger partial charge < -0.3 is 15.0 Å². The zero-order chi connectivity index (χ0) is 17.8. The molecule has 2 aromatic rings. The van der Waals surface area contributed by atoms with Crippen LogP contribution in [0, 0.1) is 0 Å².